The van der Waals surface area contributed by atoms with Crippen LogP contribution in [0.2, 0.25) is 0 Å². The third kappa shape index (κ3) is 4.30. The van der Waals surface area contributed by atoms with Crippen molar-refractivity contribution in [3.8, 4) is 11.1 Å². The third-order valence-corrected chi connectivity index (χ3v) is 6.96. The second-order valence-electron chi connectivity index (χ2n) is 9.06. The number of amides is 2. The molecule has 2 aromatic rings. The van der Waals surface area contributed by atoms with Crippen molar-refractivity contribution < 1.29 is 24.2 Å². The number of carboxylic acid groups (broad SMARTS) is 1. The first kappa shape index (κ1) is 23.5. The number of likely N-dealkylation sites (tertiary alicyclic amines) is 1. The van der Waals surface area contributed by atoms with E-state index in [0.717, 1.165) is 22.3 Å². The lowest BCUT2D eigenvalue weighted by Crippen LogP contribution is -2.57. The molecule has 2 N–H and O–H groups in total. The molecule has 178 valence electrons. The molecule has 2 atom stereocenters. The number of carboxylic acids is 1. The molecule has 0 bridgehead atoms. The van der Waals surface area contributed by atoms with Crippen molar-refractivity contribution in [2.24, 2.45) is 0 Å². The molecule has 4 rings (SSSR count). The van der Waals surface area contributed by atoms with Crippen molar-refractivity contribution in [3.05, 3.63) is 72.3 Å². The molecule has 1 heterocycles. The minimum absolute atomic E-state index is 0.0886. The number of carbonyl (C=O) groups excluding carboxylic acids is 2. The summed E-state index contributed by atoms with van der Waals surface area (Å²) in [5.74, 6) is -1.53. The van der Waals surface area contributed by atoms with Gasteiger partial charge in [-0.1, -0.05) is 54.6 Å². The van der Waals surface area contributed by atoms with E-state index in [9.17, 15) is 19.5 Å². The zero-order chi connectivity index (χ0) is 24.3. The summed E-state index contributed by atoms with van der Waals surface area (Å²) in [5, 5.41) is 12.4. The number of hydrogen-bond donors (Lipinski definition) is 2. The molecule has 34 heavy (non-hydrogen) atoms. The summed E-state index contributed by atoms with van der Waals surface area (Å²) in [6.07, 6.45) is 2.78. The number of alkyl carbamates (subject to hydrolysis) is 1. The Hall–Kier alpha value is -3.61. The molecule has 2 amide bonds. The van der Waals surface area contributed by atoms with E-state index in [1.807, 2.05) is 36.4 Å². The number of fused-ring (bicyclic) bond motifs is 3. The monoisotopic (exact) mass is 462 g/mol. The molecule has 2 unspecified atom stereocenters. The van der Waals surface area contributed by atoms with Gasteiger partial charge in [-0.05, 0) is 54.9 Å². The third-order valence-electron chi connectivity index (χ3n) is 6.96. The van der Waals surface area contributed by atoms with Crippen LogP contribution in [0.4, 0.5) is 4.79 Å². The van der Waals surface area contributed by atoms with Crippen LogP contribution in [0.15, 0.2) is 61.2 Å². The Labute approximate surface area is 199 Å². The summed E-state index contributed by atoms with van der Waals surface area (Å²) < 4.78 is 5.60. The Balaban J connectivity index is 1.46. The molecule has 1 aliphatic carbocycles. The van der Waals surface area contributed by atoms with E-state index >= 15 is 0 Å². The van der Waals surface area contributed by atoms with Gasteiger partial charge in [-0.15, -0.1) is 6.58 Å². The lowest BCUT2D eigenvalue weighted by Gasteiger charge is -2.34. The van der Waals surface area contributed by atoms with Gasteiger partial charge in [0.2, 0.25) is 5.91 Å². The minimum atomic E-state index is -1.27. The van der Waals surface area contributed by atoms with E-state index in [2.05, 4.69) is 24.0 Å². The fourth-order valence-corrected chi connectivity index (χ4v) is 5.05. The molecule has 1 saturated heterocycles. The lowest BCUT2D eigenvalue weighted by atomic mass is 9.98. The number of hydrogen-bond acceptors (Lipinski definition) is 4. The quantitative estimate of drug-likeness (QED) is 0.570. The summed E-state index contributed by atoms with van der Waals surface area (Å²) in [5.41, 5.74) is 3.20. The SMILES string of the molecule is C=CCCC(NC(=O)OCC1c2ccccc2-c2ccccc21)C(=O)N1CCCC1(C)C(=O)O. The average molecular weight is 463 g/mol. The van der Waals surface area contributed by atoms with E-state index in [4.69, 9.17) is 4.74 Å². The number of nitrogens with one attached hydrogen (secondary N) is 1. The molecule has 7 nitrogen and oxygen atoms in total. The van der Waals surface area contributed by atoms with Gasteiger partial charge >= 0.3 is 12.1 Å². The topological polar surface area (TPSA) is 95.9 Å². The first-order valence-corrected chi connectivity index (χ1v) is 11.6. The van der Waals surface area contributed by atoms with Gasteiger partial charge in [-0.2, -0.15) is 0 Å². The summed E-state index contributed by atoms with van der Waals surface area (Å²) in [6.45, 7) is 5.73. The molecule has 2 aromatic carbocycles. The Bertz CT molecular complexity index is 1070. The van der Waals surface area contributed by atoms with Crippen LogP contribution in [-0.4, -0.2) is 52.7 Å². The summed E-state index contributed by atoms with van der Waals surface area (Å²) >= 11 is 0. The predicted octanol–water partition coefficient (Wildman–Crippen LogP) is 4.33. The number of aliphatic carboxylic acids is 1. The Kier molecular flexibility index (Phi) is 6.72. The van der Waals surface area contributed by atoms with Crippen LogP contribution in [0.1, 0.15) is 49.7 Å². The van der Waals surface area contributed by atoms with Gasteiger partial charge in [0.05, 0.1) is 0 Å². The van der Waals surface area contributed by atoms with Crippen molar-refractivity contribution in [2.75, 3.05) is 13.2 Å². The van der Waals surface area contributed by atoms with E-state index < -0.39 is 29.6 Å². The highest BCUT2D eigenvalue weighted by molar-refractivity contribution is 5.91. The van der Waals surface area contributed by atoms with Crippen LogP contribution in [0.5, 0.6) is 0 Å². The highest BCUT2D eigenvalue weighted by Gasteiger charge is 2.47. The zero-order valence-electron chi connectivity index (χ0n) is 19.3. The fourth-order valence-electron chi connectivity index (χ4n) is 5.05. The number of nitrogens with zero attached hydrogens (tertiary/aromatic N) is 1. The van der Waals surface area contributed by atoms with Crippen LogP contribution in [-0.2, 0) is 14.3 Å². The molecule has 0 radical (unpaired) electrons. The molecule has 1 aliphatic heterocycles. The molecule has 0 saturated carbocycles. The first-order chi connectivity index (χ1) is 16.4. The van der Waals surface area contributed by atoms with Crippen molar-refractivity contribution in [3.63, 3.8) is 0 Å². The number of allylic oxidation sites excluding steroid dienone is 1. The van der Waals surface area contributed by atoms with E-state index in [1.54, 1.807) is 13.0 Å². The van der Waals surface area contributed by atoms with Gasteiger partial charge < -0.3 is 20.1 Å². The zero-order valence-corrected chi connectivity index (χ0v) is 19.3. The Morgan fingerprint density at radius 1 is 1.18 bits per heavy atom. The summed E-state index contributed by atoms with van der Waals surface area (Å²) in [6, 6.07) is 15.2. The van der Waals surface area contributed by atoms with Crippen LogP contribution in [0.25, 0.3) is 11.1 Å². The molecule has 1 fully saturated rings. The van der Waals surface area contributed by atoms with E-state index in [-0.39, 0.29) is 12.5 Å². The largest absolute Gasteiger partial charge is 0.480 e. The Morgan fingerprint density at radius 2 is 1.79 bits per heavy atom. The average Bonchev–Trinajstić information content (AvgIpc) is 3.39. The van der Waals surface area contributed by atoms with Gasteiger partial charge in [0.25, 0.3) is 0 Å². The van der Waals surface area contributed by atoms with Gasteiger partial charge in [-0.3, -0.25) is 4.79 Å². The number of benzene rings is 2. The van der Waals surface area contributed by atoms with Gasteiger partial charge in [0.1, 0.15) is 18.2 Å². The van der Waals surface area contributed by atoms with Crippen molar-refractivity contribution in [2.45, 2.75) is 50.1 Å². The molecule has 0 spiro atoms. The maximum atomic E-state index is 13.3. The van der Waals surface area contributed by atoms with E-state index in [0.29, 0.717) is 32.2 Å². The standard InChI is InChI=1S/C27H30N2O5/c1-3-4-14-23(24(30)29-16-9-15-27(29,2)25(31)32)28-26(33)34-17-22-20-12-7-5-10-18(20)19-11-6-8-13-21(19)22/h3,5-8,10-13,22-23H,1,4,9,14-17H2,2H3,(H,28,33)(H,31,32). The van der Waals surface area contributed by atoms with Crippen molar-refractivity contribution >= 4 is 18.0 Å². The normalized spacial score (nSPS) is 19.7. The smallest absolute Gasteiger partial charge is 0.407 e. The van der Waals surface area contributed by atoms with Crippen LogP contribution in [0.3, 0.4) is 0 Å². The van der Waals surface area contributed by atoms with Crippen LogP contribution >= 0.6 is 0 Å². The van der Waals surface area contributed by atoms with Gasteiger partial charge in [0, 0.05) is 12.5 Å². The second kappa shape index (κ2) is 9.71. The maximum Gasteiger partial charge on any atom is 0.407 e. The van der Waals surface area contributed by atoms with Gasteiger partial charge in [-0.25, -0.2) is 9.59 Å². The van der Waals surface area contributed by atoms with Crippen molar-refractivity contribution in [1.29, 1.82) is 0 Å². The lowest BCUT2D eigenvalue weighted by molar-refractivity contribution is -0.156. The van der Waals surface area contributed by atoms with E-state index in [1.165, 1.54) is 4.90 Å². The molecule has 2 aliphatic rings. The molecular formula is C27H30N2O5. The second-order valence-corrected chi connectivity index (χ2v) is 9.06. The number of carbonyl (C=O) groups is 3. The summed E-state index contributed by atoms with van der Waals surface area (Å²) in [7, 11) is 0. The Morgan fingerprint density at radius 3 is 2.38 bits per heavy atom. The molecular weight excluding hydrogens is 432 g/mol. The van der Waals surface area contributed by atoms with Crippen LogP contribution < -0.4 is 5.32 Å². The highest BCUT2D eigenvalue weighted by atomic mass is 16.5. The molecule has 0 aromatic heterocycles. The maximum absolute atomic E-state index is 13.3. The number of rotatable bonds is 8. The predicted molar refractivity (Wildman–Crippen MR) is 128 cm³/mol. The van der Waals surface area contributed by atoms with Crippen molar-refractivity contribution in [1.82, 2.24) is 10.2 Å². The molecule has 7 heteroatoms. The number of ether oxygens (including phenoxy) is 1. The van der Waals surface area contributed by atoms with Gasteiger partial charge in [0.15, 0.2) is 0 Å². The first-order valence-electron chi connectivity index (χ1n) is 11.6. The summed E-state index contributed by atoms with van der Waals surface area (Å²) in [4.78, 5) is 39.2. The van der Waals surface area contributed by atoms with Crippen LogP contribution in [0, 0.1) is 0 Å². The highest BCUT2D eigenvalue weighted by Crippen LogP contribution is 2.44. The minimum Gasteiger partial charge on any atom is -0.480 e. The fraction of sp³-hybridized carbons (Fsp3) is 0.370.